The highest BCUT2D eigenvalue weighted by atomic mass is 32.3. The molecule has 0 saturated carbocycles. The highest BCUT2D eigenvalue weighted by molar-refractivity contribution is 8.24. The monoisotopic (exact) mass is 532 g/mol. The van der Waals surface area contributed by atoms with Crippen LogP contribution in [0.1, 0.15) is 77.3 Å². The smallest absolute Gasteiger partial charge is 0.334 e. The molecule has 0 aliphatic carbocycles. The second kappa shape index (κ2) is 11.6. The maximum Gasteiger partial charge on any atom is 0.334 e. The van der Waals surface area contributed by atoms with Crippen LogP contribution in [-0.4, -0.2) is 32.7 Å². The summed E-state index contributed by atoms with van der Waals surface area (Å²) >= 11 is 1.53. The predicted octanol–water partition coefficient (Wildman–Crippen LogP) is 8.48. The van der Waals surface area contributed by atoms with Crippen LogP contribution in [0.4, 0.5) is 0 Å². The van der Waals surface area contributed by atoms with Crippen molar-refractivity contribution in [1.82, 2.24) is 0 Å². The van der Waals surface area contributed by atoms with Gasteiger partial charge >= 0.3 is 5.97 Å². The molecule has 3 rings (SSSR count). The number of carbonyl (C=O) groups is 1. The van der Waals surface area contributed by atoms with Crippen LogP contribution in [0.5, 0.6) is 5.75 Å². The van der Waals surface area contributed by atoms with Crippen LogP contribution < -0.4 is 4.74 Å². The van der Waals surface area contributed by atoms with Crippen molar-refractivity contribution < 1.29 is 23.4 Å². The molecule has 0 amide bonds. The van der Waals surface area contributed by atoms with Gasteiger partial charge in [0.05, 0.1) is 22.1 Å². The number of carbonyl (C=O) groups excluding carboxylic acids is 1. The maximum atomic E-state index is 12.1. The molecule has 1 heterocycles. The maximum absolute atomic E-state index is 12.1. The Bertz CT molecular complexity index is 1080. The summed E-state index contributed by atoms with van der Waals surface area (Å²) in [7, 11) is -3.08. The Morgan fingerprint density at radius 1 is 1.19 bits per heavy atom. The van der Waals surface area contributed by atoms with Gasteiger partial charge in [0.2, 0.25) is 0 Å². The van der Waals surface area contributed by atoms with Crippen molar-refractivity contribution in [3.05, 3.63) is 65.9 Å². The van der Waals surface area contributed by atoms with E-state index in [0.717, 1.165) is 36.1 Å². The normalized spacial score (nSPS) is 22.5. The number of hydrogen-bond acceptors (Lipinski definition) is 6. The number of fused-ring (bicyclic) bond motifs is 1. The summed E-state index contributed by atoms with van der Waals surface area (Å²) in [5, 5.41) is 0. The van der Waals surface area contributed by atoms with E-state index in [0.29, 0.717) is 16.4 Å². The van der Waals surface area contributed by atoms with Gasteiger partial charge in [-0.3, -0.25) is 9.11 Å². The van der Waals surface area contributed by atoms with Crippen molar-refractivity contribution in [1.29, 1.82) is 0 Å². The van der Waals surface area contributed by atoms with E-state index in [9.17, 15) is 13.9 Å². The fraction of sp³-hybridized carbons (Fsp3) is 0.483. The lowest BCUT2D eigenvalue weighted by molar-refractivity contribution is -0.148. The van der Waals surface area contributed by atoms with Crippen LogP contribution in [0.15, 0.2) is 64.6 Å². The van der Waals surface area contributed by atoms with Gasteiger partial charge in [-0.15, -0.1) is 11.8 Å². The second-order valence-corrected chi connectivity index (χ2v) is 13.5. The van der Waals surface area contributed by atoms with E-state index in [4.69, 9.17) is 9.47 Å². The molecule has 2 N–H and O–H groups in total. The molecule has 2 atom stereocenters. The van der Waals surface area contributed by atoms with Gasteiger partial charge in [0.1, 0.15) is 11.4 Å². The number of esters is 1. The van der Waals surface area contributed by atoms with Gasteiger partial charge in [0, 0.05) is 17.7 Å². The Kier molecular flexibility index (Phi) is 9.25. The van der Waals surface area contributed by atoms with Gasteiger partial charge in [-0.1, -0.05) is 50.6 Å². The molecule has 7 heteroatoms. The topological polar surface area (TPSA) is 76.0 Å². The quantitative estimate of drug-likeness (QED) is 0.154. The molecule has 2 unspecified atom stereocenters. The Hall–Kier alpha value is -1.93. The minimum atomic E-state index is -3.08. The molecule has 36 heavy (non-hydrogen) atoms. The highest BCUT2D eigenvalue weighted by Gasteiger charge is 2.42. The van der Waals surface area contributed by atoms with Crippen molar-refractivity contribution in [2.75, 3.05) is 12.0 Å². The van der Waals surface area contributed by atoms with Crippen LogP contribution in [0.2, 0.25) is 0 Å². The van der Waals surface area contributed by atoms with E-state index < -0.39 is 22.2 Å². The predicted molar refractivity (Wildman–Crippen MR) is 150 cm³/mol. The van der Waals surface area contributed by atoms with E-state index in [-0.39, 0.29) is 11.3 Å². The zero-order valence-corrected chi connectivity index (χ0v) is 23.9. The Morgan fingerprint density at radius 3 is 2.47 bits per heavy atom. The SMILES string of the molecule is CCCC1(CC)CC(c2ccccc2)c2cc(SC)c(O/C=C/C(=O)OC(C)(C)C)cc2S(O)(O)C1. The van der Waals surface area contributed by atoms with E-state index >= 15 is 0 Å². The zero-order valence-electron chi connectivity index (χ0n) is 22.2. The first-order chi connectivity index (χ1) is 16.9. The van der Waals surface area contributed by atoms with E-state index in [1.165, 1.54) is 29.7 Å². The molecule has 0 spiro atoms. The standard InChI is InChI=1S/C29H40O5S2/c1-7-15-29(8-2)19-23(21-12-10-9-11-13-21)22-17-25(35-6)24(18-26(22)36(31,32)20-29)33-16-14-27(30)34-28(3,4)5/h9-14,16-18,23,31-32H,7-8,15,19-20H2,1-6H3/b16-14+. The fourth-order valence-corrected chi connectivity index (χ4v) is 7.98. The summed E-state index contributed by atoms with van der Waals surface area (Å²) in [5.41, 5.74) is 1.35. The molecule has 0 bridgehead atoms. The minimum absolute atomic E-state index is 0.0404. The lowest BCUT2D eigenvalue weighted by atomic mass is 9.72. The molecule has 2 aromatic rings. The minimum Gasteiger partial charge on any atom is -0.463 e. The molecular weight excluding hydrogens is 492 g/mol. The van der Waals surface area contributed by atoms with Crippen molar-refractivity contribution in [2.45, 2.75) is 81.6 Å². The Balaban J connectivity index is 2.09. The van der Waals surface area contributed by atoms with Crippen LogP contribution in [0, 0.1) is 5.41 Å². The summed E-state index contributed by atoms with van der Waals surface area (Å²) in [6.45, 7) is 9.74. The van der Waals surface area contributed by atoms with Gasteiger partial charge in [-0.05, 0) is 68.9 Å². The summed E-state index contributed by atoms with van der Waals surface area (Å²) in [4.78, 5) is 13.5. The van der Waals surface area contributed by atoms with Gasteiger partial charge in [0.25, 0.3) is 0 Å². The van der Waals surface area contributed by atoms with Crippen molar-refractivity contribution in [3.63, 3.8) is 0 Å². The molecular formula is C29H40O5S2. The first kappa shape index (κ1) is 28.6. The zero-order chi connectivity index (χ0) is 26.6. The number of ether oxygens (including phenoxy) is 2. The Labute approximate surface area is 222 Å². The number of benzene rings is 2. The summed E-state index contributed by atoms with van der Waals surface area (Å²) in [6.07, 6.45) is 8.18. The number of rotatable bonds is 8. The van der Waals surface area contributed by atoms with Crippen LogP contribution in [-0.2, 0) is 9.53 Å². The molecule has 1 aliphatic heterocycles. The van der Waals surface area contributed by atoms with E-state index in [1.54, 1.807) is 26.8 Å². The summed E-state index contributed by atoms with van der Waals surface area (Å²) < 4.78 is 34.3. The van der Waals surface area contributed by atoms with Gasteiger partial charge < -0.3 is 9.47 Å². The highest BCUT2D eigenvalue weighted by Crippen LogP contribution is 2.63. The third-order valence-corrected chi connectivity index (χ3v) is 9.54. The third kappa shape index (κ3) is 6.88. The first-order valence-corrected chi connectivity index (χ1v) is 15.5. The Morgan fingerprint density at radius 2 is 1.89 bits per heavy atom. The average molecular weight is 533 g/mol. The van der Waals surface area contributed by atoms with Crippen molar-refractivity contribution in [3.8, 4) is 5.75 Å². The van der Waals surface area contributed by atoms with E-state index in [1.807, 2.05) is 30.5 Å². The molecule has 5 nitrogen and oxygen atoms in total. The van der Waals surface area contributed by atoms with E-state index in [2.05, 4.69) is 26.0 Å². The van der Waals surface area contributed by atoms with Gasteiger partial charge in [-0.2, -0.15) is 10.6 Å². The number of thioether (sulfide) groups is 1. The van der Waals surface area contributed by atoms with Gasteiger partial charge in [0.15, 0.2) is 0 Å². The fourth-order valence-electron chi connectivity index (χ4n) is 5.08. The molecule has 0 fully saturated rings. The molecule has 0 saturated heterocycles. The molecule has 0 radical (unpaired) electrons. The lowest BCUT2D eigenvalue weighted by Gasteiger charge is -2.41. The summed E-state index contributed by atoms with van der Waals surface area (Å²) in [6, 6.07) is 14.2. The average Bonchev–Trinajstić information content (AvgIpc) is 2.90. The van der Waals surface area contributed by atoms with Crippen LogP contribution >= 0.6 is 22.4 Å². The largest absolute Gasteiger partial charge is 0.463 e. The van der Waals surface area contributed by atoms with Crippen LogP contribution in [0.25, 0.3) is 0 Å². The third-order valence-electron chi connectivity index (χ3n) is 6.71. The van der Waals surface area contributed by atoms with Gasteiger partial charge in [-0.25, -0.2) is 4.79 Å². The van der Waals surface area contributed by atoms with Crippen molar-refractivity contribution >= 4 is 28.3 Å². The first-order valence-electron chi connectivity index (χ1n) is 12.5. The number of hydrogen-bond donors (Lipinski definition) is 2. The van der Waals surface area contributed by atoms with Crippen molar-refractivity contribution in [2.24, 2.45) is 5.41 Å². The lowest BCUT2D eigenvalue weighted by Crippen LogP contribution is -2.28. The summed E-state index contributed by atoms with van der Waals surface area (Å²) in [5.74, 6) is 0.376. The second-order valence-electron chi connectivity index (χ2n) is 10.6. The molecule has 1 aliphatic rings. The molecule has 198 valence electrons. The molecule has 2 aromatic carbocycles. The molecule has 0 aromatic heterocycles. The van der Waals surface area contributed by atoms with Crippen LogP contribution in [0.3, 0.4) is 0 Å².